The van der Waals surface area contributed by atoms with E-state index in [1.165, 1.54) is 89.9 Å². The first kappa shape index (κ1) is 26.0. The molecular weight excluding hydrogens is 400 g/mol. The monoisotopic (exact) mass is 450 g/mol. The summed E-state index contributed by atoms with van der Waals surface area (Å²) in [6.07, 6.45) is 20.1. The van der Waals surface area contributed by atoms with Crippen molar-refractivity contribution in [3.8, 4) is 0 Å². The molecule has 2 N–H and O–H groups in total. The van der Waals surface area contributed by atoms with Crippen LogP contribution in [0.15, 0.2) is 0 Å². The first-order valence-corrected chi connectivity index (χ1v) is 13.8. The van der Waals surface area contributed by atoms with Gasteiger partial charge in [-0.3, -0.25) is 15.0 Å². The molecule has 0 amide bonds. The molecule has 0 spiro atoms. The van der Waals surface area contributed by atoms with Gasteiger partial charge in [0.05, 0.1) is 24.9 Å². The summed E-state index contributed by atoms with van der Waals surface area (Å²) in [5.74, 6) is 1.51. The molecule has 0 aromatic heterocycles. The lowest BCUT2D eigenvalue weighted by Gasteiger charge is -2.50. The second kappa shape index (κ2) is 13.3. The molecule has 32 heavy (non-hydrogen) atoms. The minimum absolute atomic E-state index is 0.0867. The van der Waals surface area contributed by atoms with Gasteiger partial charge < -0.3 is 9.84 Å². The highest BCUT2D eigenvalue weighted by Gasteiger charge is 2.43. The van der Waals surface area contributed by atoms with Crippen molar-refractivity contribution in [2.45, 2.75) is 135 Å². The molecule has 3 rings (SSSR count). The zero-order valence-electron chi connectivity index (χ0n) is 21.1. The molecule has 0 bridgehead atoms. The lowest BCUT2D eigenvalue weighted by Crippen LogP contribution is -2.61. The van der Waals surface area contributed by atoms with Gasteiger partial charge in [0.2, 0.25) is 0 Å². The Morgan fingerprint density at radius 2 is 1.72 bits per heavy atom. The van der Waals surface area contributed by atoms with Crippen molar-refractivity contribution in [3.63, 3.8) is 0 Å². The molecule has 0 radical (unpaired) electrons. The Labute approximate surface area is 197 Å². The van der Waals surface area contributed by atoms with E-state index in [4.69, 9.17) is 4.74 Å². The van der Waals surface area contributed by atoms with Gasteiger partial charge in [0, 0.05) is 18.4 Å². The van der Waals surface area contributed by atoms with Crippen LogP contribution in [0.2, 0.25) is 0 Å². The Morgan fingerprint density at radius 1 is 1.00 bits per heavy atom. The molecular formula is C27H50N2O3. The molecule has 1 saturated heterocycles. The van der Waals surface area contributed by atoms with Gasteiger partial charge in [-0.2, -0.15) is 0 Å². The Bertz CT molecular complexity index is 549. The zero-order chi connectivity index (χ0) is 22.9. The topological polar surface area (TPSA) is 61.8 Å². The van der Waals surface area contributed by atoms with Gasteiger partial charge in [0.15, 0.2) is 0 Å². The highest BCUT2D eigenvalue weighted by molar-refractivity contribution is 5.69. The van der Waals surface area contributed by atoms with E-state index < -0.39 is 5.97 Å². The quantitative estimate of drug-likeness (QED) is 0.367. The van der Waals surface area contributed by atoms with Crippen LogP contribution in [0.5, 0.6) is 0 Å². The average Bonchev–Trinajstić information content (AvgIpc) is 2.77. The number of likely N-dealkylation sites (N-methyl/N-ethyl adjacent to an activating group) is 1. The summed E-state index contributed by atoms with van der Waals surface area (Å²) in [5.41, 5.74) is 0. The molecule has 3 aliphatic rings. The number of fused-ring (bicyclic) bond motifs is 1. The van der Waals surface area contributed by atoms with E-state index in [0.29, 0.717) is 18.1 Å². The van der Waals surface area contributed by atoms with Crippen LogP contribution in [0.4, 0.5) is 0 Å². The fraction of sp³-hybridized carbons (Fsp3) is 0.963. The SMILES string of the molecule is CCCCCCCCC1CCC2NC(N(C)CC(=O)O)CC(OC3CCC(C)CC3)C2C1. The maximum atomic E-state index is 11.3. The second-order valence-electron chi connectivity index (χ2n) is 11.3. The van der Waals surface area contributed by atoms with E-state index in [9.17, 15) is 9.90 Å². The first-order chi connectivity index (χ1) is 15.5. The second-order valence-corrected chi connectivity index (χ2v) is 11.3. The largest absolute Gasteiger partial charge is 0.480 e. The molecule has 0 aromatic carbocycles. The van der Waals surface area contributed by atoms with Crippen LogP contribution >= 0.6 is 0 Å². The van der Waals surface area contributed by atoms with Crippen molar-refractivity contribution >= 4 is 5.97 Å². The smallest absolute Gasteiger partial charge is 0.317 e. The molecule has 2 saturated carbocycles. The van der Waals surface area contributed by atoms with Gasteiger partial charge in [0.25, 0.3) is 0 Å². The summed E-state index contributed by atoms with van der Waals surface area (Å²) in [6, 6.07) is 0.471. The molecule has 5 unspecified atom stereocenters. The van der Waals surface area contributed by atoms with Crippen LogP contribution in [0.25, 0.3) is 0 Å². The third kappa shape index (κ3) is 7.99. The van der Waals surface area contributed by atoms with E-state index in [0.717, 1.165) is 18.3 Å². The number of carbonyl (C=O) groups is 1. The van der Waals surface area contributed by atoms with E-state index in [1.807, 2.05) is 11.9 Å². The fourth-order valence-corrected chi connectivity index (χ4v) is 6.50. The number of hydrogen-bond acceptors (Lipinski definition) is 4. The highest BCUT2D eigenvalue weighted by Crippen LogP contribution is 2.41. The lowest BCUT2D eigenvalue weighted by molar-refractivity contribution is -0.141. The number of ether oxygens (including phenoxy) is 1. The molecule has 1 heterocycles. The number of carboxylic acid groups (broad SMARTS) is 1. The third-order valence-corrected chi connectivity index (χ3v) is 8.56. The molecule has 186 valence electrons. The van der Waals surface area contributed by atoms with E-state index in [1.54, 1.807) is 0 Å². The number of aliphatic carboxylic acids is 1. The summed E-state index contributed by atoms with van der Waals surface area (Å²) in [4.78, 5) is 13.3. The normalized spacial score (nSPS) is 35.6. The maximum absolute atomic E-state index is 11.3. The summed E-state index contributed by atoms with van der Waals surface area (Å²) in [6.45, 7) is 4.73. The van der Waals surface area contributed by atoms with Gasteiger partial charge in [-0.15, -0.1) is 0 Å². The van der Waals surface area contributed by atoms with E-state index in [2.05, 4.69) is 19.2 Å². The van der Waals surface area contributed by atoms with Crippen molar-refractivity contribution in [1.82, 2.24) is 10.2 Å². The molecule has 2 aliphatic carbocycles. The van der Waals surface area contributed by atoms with E-state index >= 15 is 0 Å². The Kier molecular flexibility index (Phi) is 10.8. The summed E-state index contributed by atoms with van der Waals surface area (Å²) in [7, 11) is 1.94. The van der Waals surface area contributed by atoms with Crippen molar-refractivity contribution in [3.05, 3.63) is 0 Å². The van der Waals surface area contributed by atoms with E-state index in [-0.39, 0.29) is 18.8 Å². The van der Waals surface area contributed by atoms with Crippen LogP contribution in [0.3, 0.4) is 0 Å². The zero-order valence-corrected chi connectivity index (χ0v) is 21.1. The number of rotatable bonds is 12. The molecule has 1 aliphatic heterocycles. The van der Waals surface area contributed by atoms with Crippen LogP contribution < -0.4 is 5.32 Å². The number of carboxylic acids is 1. The predicted octanol–water partition coefficient (Wildman–Crippen LogP) is 5.82. The van der Waals surface area contributed by atoms with Gasteiger partial charge in [-0.05, 0) is 63.8 Å². The summed E-state index contributed by atoms with van der Waals surface area (Å²) >= 11 is 0. The minimum atomic E-state index is -0.752. The molecule has 5 nitrogen and oxygen atoms in total. The number of piperidine rings is 1. The summed E-state index contributed by atoms with van der Waals surface area (Å²) < 4.78 is 6.84. The van der Waals surface area contributed by atoms with Crippen molar-refractivity contribution in [2.24, 2.45) is 17.8 Å². The van der Waals surface area contributed by atoms with Crippen LogP contribution in [0, 0.1) is 17.8 Å². The average molecular weight is 451 g/mol. The Hall–Kier alpha value is -0.650. The predicted molar refractivity (Wildman–Crippen MR) is 131 cm³/mol. The molecule has 5 heteroatoms. The number of unbranched alkanes of at least 4 members (excludes halogenated alkanes) is 5. The Balaban J connectivity index is 1.56. The van der Waals surface area contributed by atoms with Crippen molar-refractivity contribution < 1.29 is 14.6 Å². The molecule has 3 fully saturated rings. The fourth-order valence-electron chi connectivity index (χ4n) is 6.50. The van der Waals surface area contributed by atoms with Crippen LogP contribution in [0.1, 0.15) is 110 Å². The summed E-state index contributed by atoms with van der Waals surface area (Å²) in [5, 5.41) is 13.1. The van der Waals surface area contributed by atoms with Crippen LogP contribution in [-0.4, -0.2) is 54.0 Å². The van der Waals surface area contributed by atoms with Gasteiger partial charge >= 0.3 is 5.97 Å². The number of nitrogens with zero attached hydrogens (tertiary/aromatic N) is 1. The van der Waals surface area contributed by atoms with Gasteiger partial charge in [-0.25, -0.2) is 0 Å². The minimum Gasteiger partial charge on any atom is -0.480 e. The standard InChI is InChI=1S/C27H50N2O3/c1-4-5-6-7-8-9-10-21-13-16-24-23(17-21)25(32-22-14-11-20(2)12-15-22)18-26(28-24)29(3)19-27(30)31/h20-26,28H,4-19H2,1-3H3,(H,30,31). The van der Waals surface area contributed by atoms with Crippen molar-refractivity contribution in [2.75, 3.05) is 13.6 Å². The van der Waals surface area contributed by atoms with Crippen LogP contribution in [-0.2, 0) is 9.53 Å². The molecule has 5 atom stereocenters. The number of nitrogens with one attached hydrogen (secondary N) is 1. The highest BCUT2D eigenvalue weighted by atomic mass is 16.5. The number of hydrogen-bond donors (Lipinski definition) is 2. The third-order valence-electron chi connectivity index (χ3n) is 8.56. The first-order valence-electron chi connectivity index (χ1n) is 13.8. The van der Waals surface area contributed by atoms with Gasteiger partial charge in [-0.1, -0.05) is 58.8 Å². The van der Waals surface area contributed by atoms with Gasteiger partial charge in [0.1, 0.15) is 0 Å². The van der Waals surface area contributed by atoms with Crippen molar-refractivity contribution in [1.29, 1.82) is 0 Å². The maximum Gasteiger partial charge on any atom is 0.317 e. The molecule has 0 aromatic rings. The lowest BCUT2D eigenvalue weighted by atomic mass is 9.71. The Morgan fingerprint density at radius 3 is 2.44 bits per heavy atom.